The lowest BCUT2D eigenvalue weighted by atomic mass is 10.1. The Morgan fingerprint density at radius 3 is 3.05 bits per heavy atom. The molecular weight excluding hydrogens is 284 g/mol. The number of nitrogens with zero attached hydrogens (tertiary/aromatic N) is 4. The van der Waals surface area contributed by atoms with E-state index >= 15 is 0 Å². The van der Waals surface area contributed by atoms with Gasteiger partial charge in [0.2, 0.25) is 0 Å². The zero-order chi connectivity index (χ0) is 14.8. The second kappa shape index (κ2) is 5.99. The van der Waals surface area contributed by atoms with E-state index in [0.29, 0.717) is 12.5 Å². The fraction of sp³-hybridized carbons (Fsp3) is 0.467. The number of imidazole rings is 1. The molecule has 2 aromatic rings. The number of carbonyl (C=O) groups is 1. The Morgan fingerprint density at radius 2 is 2.33 bits per heavy atom. The second-order valence-corrected chi connectivity index (χ2v) is 6.60. The van der Waals surface area contributed by atoms with Crippen molar-refractivity contribution in [2.75, 3.05) is 27.2 Å². The van der Waals surface area contributed by atoms with Crippen LogP contribution in [-0.2, 0) is 13.1 Å². The first-order valence-corrected chi connectivity index (χ1v) is 8.04. The van der Waals surface area contributed by atoms with Gasteiger partial charge in [-0.1, -0.05) is 0 Å². The average Bonchev–Trinajstić information content (AvgIpc) is 3.06. The van der Waals surface area contributed by atoms with Crippen LogP contribution in [0, 0.1) is 5.92 Å². The summed E-state index contributed by atoms with van der Waals surface area (Å²) in [5.41, 5.74) is 0.781. The smallest absolute Gasteiger partial charge is 0.255 e. The van der Waals surface area contributed by atoms with Crippen molar-refractivity contribution in [3.8, 4) is 0 Å². The molecular formula is C15H20N4OS. The first kappa shape index (κ1) is 14.3. The van der Waals surface area contributed by atoms with Crippen LogP contribution in [0.25, 0.3) is 0 Å². The predicted octanol–water partition coefficient (Wildman–Crippen LogP) is 1.78. The van der Waals surface area contributed by atoms with Crippen LogP contribution in [0.2, 0.25) is 0 Å². The normalized spacial score (nSPS) is 18.6. The van der Waals surface area contributed by atoms with Crippen LogP contribution in [0.1, 0.15) is 16.2 Å². The van der Waals surface area contributed by atoms with E-state index in [1.165, 1.54) is 0 Å². The van der Waals surface area contributed by atoms with E-state index in [-0.39, 0.29) is 5.91 Å². The minimum Gasteiger partial charge on any atom is -0.333 e. The van der Waals surface area contributed by atoms with Crippen molar-refractivity contribution in [1.29, 1.82) is 0 Å². The van der Waals surface area contributed by atoms with Gasteiger partial charge in [-0.25, -0.2) is 4.98 Å². The van der Waals surface area contributed by atoms with E-state index < -0.39 is 0 Å². The fourth-order valence-electron chi connectivity index (χ4n) is 2.90. The molecule has 112 valence electrons. The van der Waals surface area contributed by atoms with Crippen LogP contribution in [0.3, 0.4) is 0 Å². The van der Waals surface area contributed by atoms with Crippen LogP contribution < -0.4 is 0 Å². The molecule has 1 amide bonds. The summed E-state index contributed by atoms with van der Waals surface area (Å²) < 4.78 is 2.18. The monoisotopic (exact) mass is 304 g/mol. The van der Waals surface area contributed by atoms with Gasteiger partial charge in [0.15, 0.2) is 0 Å². The lowest BCUT2D eigenvalue weighted by Crippen LogP contribution is -2.37. The molecule has 0 fully saturated rings. The molecule has 0 aliphatic carbocycles. The highest BCUT2D eigenvalue weighted by Crippen LogP contribution is 2.19. The van der Waals surface area contributed by atoms with E-state index in [9.17, 15) is 4.79 Å². The van der Waals surface area contributed by atoms with Crippen molar-refractivity contribution < 1.29 is 4.79 Å². The molecule has 5 nitrogen and oxygen atoms in total. The van der Waals surface area contributed by atoms with Gasteiger partial charge in [0, 0.05) is 43.3 Å². The standard InChI is InChI=1S/C15H20N4OS/c1-17(2)7-12-8-18-5-4-16-14(18)10-19(9-12)15(20)13-3-6-21-11-13/h3-6,11-12H,7-10H2,1-2H3/t12-/m1/s1. The Kier molecular flexibility index (Phi) is 4.07. The second-order valence-electron chi connectivity index (χ2n) is 5.82. The van der Waals surface area contributed by atoms with Gasteiger partial charge in [-0.05, 0) is 25.5 Å². The summed E-state index contributed by atoms with van der Waals surface area (Å²) >= 11 is 1.56. The molecule has 0 saturated carbocycles. The van der Waals surface area contributed by atoms with Gasteiger partial charge in [0.05, 0.1) is 12.1 Å². The molecule has 2 aromatic heterocycles. The predicted molar refractivity (Wildman–Crippen MR) is 83.3 cm³/mol. The molecule has 1 aliphatic rings. The van der Waals surface area contributed by atoms with Crippen LogP contribution >= 0.6 is 11.3 Å². The number of rotatable bonds is 3. The molecule has 3 rings (SSSR count). The van der Waals surface area contributed by atoms with Gasteiger partial charge in [0.25, 0.3) is 5.91 Å². The Bertz CT molecular complexity index is 605. The number of fused-ring (bicyclic) bond motifs is 1. The van der Waals surface area contributed by atoms with E-state index in [4.69, 9.17) is 0 Å². The molecule has 0 radical (unpaired) electrons. The summed E-state index contributed by atoms with van der Waals surface area (Å²) in [6, 6.07) is 1.89. The third-order valence-corrected chi connectivity index (χ3v) is 4.43. The van der Waals surface area contributed by atoms with E-state index in [1.807, 2.05) is 34.1 Å². The molecule has 6 heteroatoms. The molecule has 21 heavy (non-hydrogen) atoms. The van der Waals surface area contributed by atoms with Gasteiger partial charge in [0.1, 0.15) is 5.82 Å². The Morgan fingerprint density at radius 1 is 1.48 bits per heavy atom. The molecule has 0 saturated heterocycles. The zero-order valence-electron chi connectivity index (χ0n) is 12.4. The average molecular weight is 304 g/mol. The molecule has 0 bridgehead atoms. The van der Waals surface area contributed by atoms with Crippen LogP contribution in [0.15, 0.2) is 29.2 Å². The highest BCUT2D eigenvalue weighted by Gasteiger charge is 2.26. The summed E-state index contributed by atoms with van der Waals surface area (Å²) in [5.74, 6) is 1.49. The molecule has 1 aliphatic heterocycles. The third-order valence-electron chi connectivity index (χ3n) is 3.75. The molecule has 0 unspecified atom stereocenters. The first-order valence-electron chi connectivity index (χ1n) is 7.09. The fourth-order valence-corrected chi connectivity index (χ4v) is 3.53. The van der Waals surface area contributed by atoms with Crippen molar-refractivity contribution in [2.45, 2.75) is 13.1 Å². The third kappa shape index (κ3) is 3.16. The highest BCUT2D eigenvalue weighted by molar-refractivity contribution is 7.08. The van der Waals surface area contributed by atoms with E-state index in [2.05, 4.69) is 28.5 Å². The topological polar surface area (TPSA) is 41.4 Å². The van der Waals surface area contributed by atoms with E-state index in [1.54, 1.807) is 11.3 Å². The maximum Gasteiger partial charge on any atom is 0.255 e. The van der Waals surface area contributed by atoms with Crippen molar-refractivity contribution in [3.05, 3.63) is 40.6 Å². The summed E-state index contributed by atoms with van der Waals surface area (Å²) in [5, 5.41) is 3.87. The van der Waals surface area contributed by atoms with Gasteiger partial charge in [-0.3, -0.25) is 4.79 Å². The molecule has 0 N–H and O–H groups in total. The Hall–Kier alpha value is -1.66. The van der Waals surface area contributed by atoms with Gasteiger partial charge in [-0.15, -0.1) is 0 Å². The van der Waals surface area contributed by atoms with Crippen molar-refractivity contribution in [2.24, 2.45) is 5.92 Å². The summed E-state index contributed by atoms with van der Waals surface area (Å²) in [6.45, 7) is 3.24. The number of hydrogen-bond donors (Lipinski definition) is 0. The number of aromatic nitrogens is 2. The van der Waals surface area contributed by atoms with Crippen molar-refractivity contribution in [1.82, 2.24) is 19.4 Å². The number of thiophene rings is 1. The molecule has 3 heterocycles. The summed E-state index contributed by atoms with van der Waals surface area (Å²) in [4.78, 5) is 21.2. The van der Waals surface area contributed by atoms with Crippen LogP contribution in [0.5, 0.6) is 0 Å². The molecule has 0 aromatic carbocycles. The maximum atomic E-state index is 12.7. The van der Waals surface area contributed by atoms with Gasteiger partial charge < -0.3 is 14.4 Å². The lowest BCUT2D eigenvalue weighted by Gasteiger charge is -2.25. The highest BCUT2D eigenvalue weighted by atomic mass is 32.1. The minimum atomic E-state index is 0.108. The number of hydrogen-bond acceptors (Lipinski definition) is 4. The van der Waals surface area contributed by atoms with Crippen LogP contribution in [-0.4, -0.2) is 52.4 Å². The minimum absolute atomic E-state index is 0.108. The summed E-state index contributed by atoms with van der Waals surface area (Å²) in [7, 11) is 4.15. The van der Waals surface area contributed by atoms with Crippen molar-refractivity contribution in [3.63, 3.8) is 0 Å². The lowest BCUT2D eigenvalue weighted by molar-refractivity contribution is 0.0711. The van der Waals surface area contributed by atoms with Crippen LogP contribution in [0.4, 0.5) is 0 Å². The molecule has 1 atom stereocenters. The maximum absolute atomic E-state index is 12.7. The Balaban J connectivity index is 1.84. The van der Waals surface area contributed by atoms with Gasteiger partial charge >= 0.3 is 0 Å². The summed E-state index contributed by atoms with van der Waals surface area (Å²) in [6.07, 6.45) is 3.83. The first-order chi connectivity index (χ1) is 10.1. The quantitative estimate of drug-likeness (QED) is 0.868. The number of amides is 1. The Labute approximate surface area is 128 Å². The van der Waals surface area contributed by atoms with Crippen molar-refractivity contribution >= 4 is 17.2 Å². The number of carbonyl (C=O) groups excluding carboxylic acids is 1. The molecule has 0 spiro atoms. The van der Waals surface area contributed by atoms with Gasteiger partial charge in [-0.2, -0.15) is 11.3 Å². The van der Waals surface area contributed by atoms with E-state index in [0.717, 1.165) is 31.0 Å². The largest absolute Gasteiger partial charge is 0.333 e. The zero-order valence-corrected chi connectivity index (χ0v) is 13.2. The SMILES string of the molecule is CN(C)C[C@H]1CN(C(=O)c2ccsc2)Cc2nccn2C1.